The normalized spacial score (nSPS) is 9.77. The molecule has 1 aromatic rings. The van der Waals surface area contributed by atoms with Gasteiger partial charge in [0.1, 0.15) is 0 Å². The predicted molar refractivity (Wildman–Crippen MR) is 40.0 cm³/mol. The van der Waals surface area contributed by atoms with Crippen LogP contribution in [0.25, 0.3) is 0 Å². The molecular weight excluding hydrogens is 182 g/mol. The average molecular weight is 188 g/mol. The third kappa shape index (κ3) is 1.73. The molecule has 0 aliphatic rings. The summed E-state index contributed by atoms with van der Waals surface area (Å²) in [4.78, 5) is 10.8. The molecule has 0 saturated carbocycles. The number of halogens is 2. The molecule has 13 heavy (non-hydrogen) atoms. The van der Waals surface area contributed by atoms with Gasteiger partial charge in [-0.15, -0.1) is 0 Å². The first kappa shape index (κ1) is 9.40. The number of amides is 1. The molecule has 4 N–H and O–H groups in total. The molecule has 0 aliphatic heterocycles. The van der Waals surface area contributed by atoms with Crippen molar-refractivity contribution in [2.45, 2.75) is 0 Å². The van der Waals surface area contributed by atoms with Crippen molar-refractivity contribution in [2.24, 2.45) is 0 Å². The fourth-order valence-corrected chi connectivity index (χ4v) is 0.819. The minimum atomic E-state index is -1.20. The summed E-state index contributed by atoms with van der Waals surface area (Å²) in [6.45, 7) is 0. The highest BCUT2D eigenvalue weighted by molar-refractivity contribution is 5.98. The third-order valence-corrected chi connectivity index (χ3v) is 1.44. The zero-order chi connectivity index (χ0) is 10.0. The topological polar surface area (TPSA) is 75.4 Å². The Morgan fingerprint density at radius 3 is 2.46 bits per heavy atom. The first-order valence-corrected chi connectivity index (χ1v) is 3.25. The van der Waals surface area contributed by atoms with Crippen molar-refractivity contribution in [1.82, 2.24) is 5.48 Å². The van der Waals surface area contributed by atoms with Crippen LogP contribution in [0.2, 0.25) is 0 Å². The molecule has 1 aromatic carbocycles. The van der Waals surface area contributed by atoms with Gasteiger partial charge in [-0.25, -0.2) is 14.3 Å². The number of benzene rings is 1. The summed E-state index contributed by atoms with van der Waals surface area (Å²) >= 11 is 0. The largest absolute Gasteiger partial charge is 0.398 e. The maximum atomic E-state index is 12.6. The number of nitrogen functional groups attached to an aromatic ring is 1. The number of nitrogens with two attached hydrogens (primary N) is 1. The lowest BCUT2D eigenvalue weighted by Crippen LogP contribution is -2.20. The van der Waals surface area contributed by atoms with Crippen molar-refractivity contribution in [3.63, 3.8) is 0 Å². The van der Waals surface area contributed by atoms with Crippen LogP contribution in [0, 0.1) is 11.6 Å². The van der Waals surface area contributed by atoms with Crippen molar-refractivity contribution in [3.8, 4) is 0 Å². The number of carbonyl (C=O) groups excluding carboxylic acids is 1. The van der Waals surface area contributed by atoms with E-state index in [2.05, 4.69) is 0 Å². The molecular formula is C7H6F2N2O2. The number of carbonyl (C=O) groups is 1. The molecule has 0 unspecified atom stereocenters. The van der Waals surface area contributed by atoms with Crippen LogP contribution in [0.15, 0.2) is 12.1 Å². The number of rotatable bonds is 1. The maximum absolute atomic E-state index is 12.6. The number of anilines is 1. The molecule has 70 valence electrons. The average Bonchev–Trinajstić information content (AvgIpc) is 2.10. The molecule has 6 heteroatoms. The van der Waals surface area contributed by atoms with Gasteiger partial charge in [0, 0.05) is 11.8 Å². The minimum Gasteiger partial charge on any atom is -0.398 e. The monoisotopic (exact) mass is 188 g/mol. The molecule has 4 nitrogen and oxygen atoms in total. The van der Waals surface area contributed by atoms with Crippen LogP contribution in [-0.4, -0.2) is 11.1 Å². The van der Waals surface area contributed by atoms with E-state index >= 15 is 0 Å². The summed E-state index contributed by atoms with van der Waals surface area (Å²) in [5.41, 5.74) is 5.89. The second-order valence-electron chi connectivity index (χ2n) is 2.29. The zero-order valence-corrected chi connectivity index (χ0v) is 6.34. The van der Waals surface area contributed by atoms with Gasteiger partial charge in [-0.3, -0.25) is 10.0 Å². The Labute approximate surface area is 71.9 Å². The fraction of sp³-hybridized carbons (Fsp3) is 0. The van der Waals surface area contributed by atoms with E-state index in [1.54, 1.807) is 0 Å². The Hall–Kier alpha value is -1.69. The standard InChI is InChI=1S/C7H6F2N2O2/c8-4-1-3(7(12)11-13)6(10)2-5(4)9/h1-2,13H,10H2,(H,11,12). The molecule has 0 radical (unpaired) electrons. The van der Waals surface area contributed by atoms with Gasteiger partial charge in [0.25, 0.3) is 5.91 Å². The smallest absolute Gasteiger partial charge is 0.276 e. The second-order valence-corrected chi connectivity index (χ2v) is 2.29. The van der Waals surface area contributed by atoms with Crippen LogP contribution < -0.4 is 11.2 Å². The number of hydrogen-bond acceptors (Lipinski definition) is 3. The summed E-state index contributed by atoms with van der Waals surface area (Å²) < 4.78 is 25.0. The van der Waals surface area contributed by atoms with Gasteiger partial charge in [-0.05, 0) is 6.07 Å². The highest BCUT2D eigenvalue weighted by atomic mass is 19.2. The Morgan fingerprint density at radius 1 is 1.38 bits per heavy atom. The SMILES string of the molecule is Nc1cc(F)c(F)cc1C(=O)NO. The summed E-state index contributed by atoms with van der Waals surface area (Å²) in [6.07, 6.45) is 0. The molecule has 0 heterocycles. The lowest BCUT2D eigenvalue weighted by atomic mass is 10.1. The molecule has 0 atom stereocenters. The van der Waals surface area contributed by atoms with Gasteiger partial charge in [0.15, 0.2) is 11.6 Å². The van der Waals surface area contributed by atoms with Crippen molar-refractivity contribution >= 4 is 11.6 Å². The summed E-state index contributed by atoms with van der Waals surface area (Å²) in [5.74, 6) is -3.34. The third-order valence-electron chi connectivity index (χ3n) is 1.44. The van der Waals surface area contributed by atoms with E-state index in [4.69, 9.17) is 10.9 Å². The Kier molecular flexibility index (Phi) is 2.43. The van der Waals surface area contributed by atoms with Crippen LogP contribution in [0.1, 0.15) is 10.4 Å². The van der Waals surface area contributed by atoms with Gasteiger partial charge in [0.05, 0.1) is 5.56 Å². The van der Waals surface area contributed by atoms with Gasteiger partial charge >= 0.3 is 0 Å². The van der Waals surface area contributed by atoms with Crippen LogP contribution in [0.3, 0.4) is 0 Å². The quantitative estimate of drug-likeness (QED) is 0.344. The van der Waals surface area contributed by atoms with Gasteiger partial charge < -0.3 is 5.73 Å². The van der Waals surface area contributed by atoms with Crippen LogP contribution >= 0.6 is 0 Å². The molecule has 1 amide bonds. The number of nitrogens with one attached hydrogen (secondary N) is 1. The molecule has 0 fully saturated rings. The Bertz CT molecular complexity index is 355. The lowest BCUT2D eigenvalue weighted by molar-refractivity contribution is 0.0707. The van der Waals surface area contributed by atoms with Crippen molar-refractivity contribution in [1.29, 1.82) is 0 Å². The summed E-state index contributed by atoms with van der Waals surface area (Å²) in [5, 5.41) is 8.20. The van der Waals surface area contributed by atoms with E-state index in [9.17, 15) is 13.6 Å². The minimum absolute atomic E-state index is 0.245. The molecule has 0 spiro atoms. The maximum Gasteiger partial charge on any atom is 0.276 e. The predicted octanol–water partition coefficient (Wildman–Crippen LogP) is 0.666. The first-order valence-electron chi connectivity index (χ1n) is 3.25. The molecule has 0 aliphatic carbocycles. The molecule has 0 bridgehead atoms. The van der Waals surface area contributed by atoms with E-state index in [1.807, 2.05) is 0 Å². The van der Waals surface area contributed by atoms with Crippen LogP contribution in [0.5, 0.6) is 0 Å². The van der Waals surface area contributed by atoms with E-state index < -0.39 is 17.5 Å². The fourth-order valence-electron chi connectivity index (χ4n) is 0.819. The number of hydrogen-bond donors (Lipinski definition) is 3. The zero-order valence-electron chi connectivity index (χ0n) is 6.34. The van der Waals surface area contributed by atoms with Gasteiger partial charge in [-0.1, -0.05) is 0 Å². The summed E-state index contributed by atoms with van der Waals surface area (Å²) in [6, 6.07) is 1.27. The highest BCUT2D eigenvalue weighted by Crippen LogP contribution is 2.16. The van der Waals surface area contributed by atoms with E-state index in [-0.39, 0.29) is 11.3 Å². The molecule has 0 aromatic heterocycles. The van der Waals surface area contributed by atoms with E-state index in [0.29, 0.717) is 12.1 Å². The highest BCUT2D eigenvalue weighted by Gasteiger charge is 2.13. The van der Waals surface area contributed by atoms with Gasteiger partial charge in [0.2, 0.25) is 0 Å². The second kappa shape index (κ2) is 3.36. The van der Waals surface area contributed by atoms with Gasteiger partial charge in [-0.2, -0.15) is 0 Å². The van der Waals surface area contributed by atoms with Crippen molar-refractivity contribution in [2.75, 3.05) is 5.73 Å². The van der Waals surface area contributed by atoms with Crippen molar-refractivity contribution in [3.05, 3.63) is 29.3 Å². The van der Waals surface area contributed by atoms with E-state index in [1.165, 1.54) is 5.48 Å². The first-order chi connectivity index (χ1) is 6.06. The van der Waals surface area contributed by atoms with Crippen LogP contribution in [-0.2, 0) is 0 Å². The number of hydroxylamine groups is 1. The van der Waals surface area contributed by atoms with E-state index in [0.717, 1.165) is 0 Å². The lowest BCUT2D eigenvalue weighted by Gasteiger charge is -2.03. The molecule has 1 rings (SSSR count). The van der Waals surface area contributed by atoms with Crippen molar-refractivity contribution < 1.29 is 18.8 Å². The summed E-state index contributed by atoms with van der Waals surface area (Å²) in [7, 11) is 0. The Balaban J connectivity index is 3.23. The Morgan fingerprint density at radius 2 is 1.92 bits per heavy atom. The van der Waals surface area contributed by atoms with Crippen LogP contribution in [0.4, 0.5) is 14.5 Å². The molecule has 0 saturated heterocycles.